The molecule has 0 bridgehead atoms. The summed E-state index contributed by atoms with van der Waals surface area (Å²) < 4.78 is 10.4. The van der Waals surface area contributed by atoms with Crippen LogP contribution in [-0.2, 0) is 14.3 Å². The molecule has 0 aromatic heterocycles. The Labute approximate surface area is 129 Å². The van der Waals surface area contributed by atoms with Gasteiger partial charge in [-0.2, -0.15) is 5.26 Å². The molecule has 0 spiro atoms. The van der Waals surface area contributed by atoms with Gasteiger partial charge in [0.15, 0.2) is 12.2 Å². The summed E-state index contributed by atoms with van der Waals surface area (Å²) in [6.45, 7) is 6.78. The maximum atomic E-state index is 11.9. The third-order valence-electron chi connectivity index (χ3n) is 2.71. The molecule has 1 amide bonds. The highest BCUT2D eigenvalue weighted by molar-refractivity contribution is 5.84. The first-order chi connectivity index (χ1) is 10.5. The van der Waals surface area contributed by atoms with Gasteiger partial charge in [0.2, 0.25) is 0 Å². The van der Waals surface area contributed by atoms with E-state index >= 15 is 0 Å². The predicted molar refractivity (Wildman–Crippen MR) is 80.0 cm³/mol. The molecule has 0 saturated heterocycles. The second kappa shape index (κ2) is 8.47. The van der Waals surface area contributed by atoms with Crippen LogP contribution in [0.25, 0.3) is 0 Å². The van der Waals surface area contributed by atoms with E-state index in [0.717, 1.165) is 0 Å². The first-order valence-electron chi connectivity index (χ1n) is 6.73. The van der Waals surface area contributed by atoms with E-state index in [1.807, 2.05) is 6.07 Å². The van der Waals surface area contributed by atoms with Crippen LogP contribution in [0.3, 0.4) is 0 Å². The van der Waals surface area contributed by atoms with E-state index in [1.54, 1.807) is 24.3 Å². The van der Waals surface area contributed by atoms with Gasteiger partial charge in [0, 0.05) is 6.54 Å². The number of benzene rings is 1. The number of ether oxygens (including phenoxy) is 2. The molecule has 6 heteroatoms. The molecule has 1 N–H and O–H groups in total. The summed E-state index contributed by atoms with van der Waals surface area (Å²) in [5, 5.41) is 11.2. The van der Waals surface area contributed by atoms with E-state index in [2.05, 4.69) is 11.9 Å². The van der Waals surface area contributed by atoms with Crippen molar-refractivity contribution in [2.45, 2.75) is 26.1 Å². The summed E-state index contributed by atoms with van der Waals surface area (Å²) in [5.41, 5.74) is 0.495. The number of nitriles is 1. The molecule has 116 valence electrons. The van der Waals surface area contributed by atoms with E-state index in [-0.39, 0.29) is 0 Å². The number of nitrogens with zero attached hydrogens (tertiary/aromatic N) is 1. The SMILES string of the molecule is C=CCNC(=O)[C@@H](C)OC(=O)[C@H](C)Oc1ccc(C#N)cc1. The number of rotatable bonds is 7. The fourth-order valence-electron chi connectivity index (χ4n) is 1.50. The number of carbonyl (C=O) groups excluding carboxylic acids is 2. The lowest BCUT2D eigenvalue weighted by Crippen LogP contribution is -2.38. The quantitative estimate of drug-likeness (QED) is 0.610. The van der Waals surface area contributed by atoms with Gasteiger partial charge in [-0.1, -0.05) is 6.08 Å². The number of amides is 1. The molecule has 0 heterocycles. The summed E-state index contributed by atoms with van der Waals surface area (Å²) in [4.78, 5) is 23.4. The first kappa shape index (κ1) is 17.2. The Bertz CT molecular complexity index is 575. The number of hydrogen-bond donors (Lipinski definition) is 1. The lowest BCUT2D eigenvalue weighted by atomic mass is 10.2. The van der Waals surface area contributed by atoms with Gasteiger partial charge >= 0.3 is 5.97 Å². The van der Waals surface area contributed by atoms with Gasteiger partial charge in [-0.25, -0.2) is 4.79 Å². The molecule has 0 aliphatic carbocycles. The van der Waals surface area contributed by atoms with Crippen molar-refractivity contribution in [3.8, 4) is 11.8 Å². The molecular formula is C16H18N2O4. The zero-order valence-corrected chi connectivity index (χ0v) is 12.5. The van der Waals surface area contributed by atoms with Crippen molar-refractivity contribution < 1.29 is 19.1 Å². The molecule has 1 rings (SSSR count). The third-order valence-corrected chi connectivity index (χ3v) is 2.71. The van der Waals surface area contributed by atoms with Gasteiger partial charge in [0.25, 0.3) is 5.91 Å². The summed E-state index contributed by atoms with van der Waals surface area (Å²) in [6.07, 6.45) is -0.259. The van der Waals surface area contributed by atoms with E-state index in [4.69, 9.17) is 14.7 Å². The van der Waals surface area contributed by atoms with Crippen LogP contribution >= 0.6 is 0 Å². The Hall–Kier alpha value is -2.81. The molecule has 22 heavy (non-hydrogen) atoms. The highest BCUT2D eigenvalue weighted by Gasteiger charge is 2.22. The molecular weight excluding hydrogens is 284 g/mol. The molecule has 0 radical (unpaired) electrons. The maximum absolute atomic E-state index is 11.9. The summed E-state index contributed by atoms with van der Waals surface area (Å²) in [7, 11) is 0. The normalized spacial score (nSPS) is 12.4. The standard InChI is InChI=1S/C16H18N2O4/c1-4-9-18-15(19)11(2)22-16(20)12(3)21-14-7-5-13(10-17)6-8-14/h4-8,11-12H,1,9H2,2-3H3,(H,18,19)/t11-,12+/m1/s1. The van der Waals surface area contributed by atoms with Gasteiger partial charge < -0.3 is 14.8 Å². The smallest absolute Gasteiger partial charge is 0.347 e. The van der Waals surface area contributed by atoms with Crippen LogP contribution in [0.2, 0.25) is 0 Å². The zero-order chi connectivity index (χ0) is 16.5. The van der Waals surface area contributed by atoms with E-state index in [1.165, 1.54) is 19.9 Å². The van der Waals surface area contributed by atoms with Gasteiger partial charge in [0.05, 0.1) is 11.6 Å². The Kier molecular flexibility index (Phi) is 6.64. The van der Waals surface area contributed by atoms with Crippen molar-refractivity contribution in [1.29, 1.82) is 5.26 Å². The van der Waals surface area contributed by atoms with E-state index in [9.17, 15) is 9.59 Å². The van der Waals surface area contributed by atoms with Crippen LogP contribution < -0.4 is 10.1 Å². The minimum absolute atomic E-state index is 0.304. The highest BCUT2D eigenvalue weighted by atomic mass is 16.6. The van der Waals surface area contributed by atoms with Crippen molar-refractivity contribution in [3.05, 3.63) is 42.5 Å². The topological polar surface area (TPSA) is 88.4 Å². The van der Waals surface area contributed by atoms with Crippen molar-refractivity contribution in [2.75, 3.05) is 6.54 Å². The Morgan fingerprint density at radius 1 is 1.32 bits per heavy atom. The largest absolute Gasteiger partial charge is 0.479 e. The molecule has 0 aliphatic heterocycles. The summed E-state index contributed by atoms with van der Waals surface area (Å²) in [5.74, 6) is -0.614. The van der Waals surface area contributed by atoms with E-state index in [0.29, 0.717) is 17.9 Å². The Morgan fingerprint density at radius 3 is 2.50 bits per heavy atom. The lowest BCUT2D eigenvalue weighted by molar-refractivity contribution is -0.160. The second-order valence-electron chi connectivity index (χ2n) is 4.51. The minimum Gasteiger partial charge on any atom is -0.479 e. The summed E-state index contributed by atoms with van der Waals surface area (Å²) >= 11 is 0. The average molecular weight is 302 g/mol. The lowest BCUT2D eigenvalue weighted by Gasteiger charge is -2.17. The highest BCUT2D eigenvalue weighted by Crippen LogP contribution is 2.14. The average Bonchev–Trinajstić information content (AvgIpc) is 2.52. The third kappa shape index (κ3) is 5.29. The molecule has 0 fully saturated rings. The van der Waals surface area contributed by atoms with Gasteiger partial charge in [-0.3, -0.25) is 4.79 Å². The van der Waals surface area contributed by atoms with Crippen molar-refractivity contribution in [3.63, 3.8) is 0 Å². The second-order valence-corrected chi connectivity index (χ2v) is 4.51. The molecule has 0 unspecified atom stereocenters. The predicted octanol–water partition coefficient (Wildman–Crippen LogP) is 1.56. The Balaban J connectivity index is 2.52. The molecule has 1 aromatic rings. The van der Waals surface area contributed by atoms with Crippen molar-refractivity contribution in [1.82, 2.24) is 5.32 Å². The van der Waals surface area contributed by atoms with Crippen LogP contribution in [0, 0.1) is 11.3 Å². The fourth-order valence-corrected chi connectivity index (χ4v) is 1.50. The zero-order valence-electron chi connectivity index (χ0n) is 12.5. The fraction of sp³-hybridized carbons (Fsp3) is 0.312. The minimum atomic E-state index is -0.917. The monoisotopic (exact) mass is 302 g/mol. The Morgan fingerprint density at radius 2 is 1.95 bits per heavy atom. The van der Waals surface area contributed by atoms with Crippen LogP contribution in [-0.4, -0.2) is 30.6 Å². The number of hydrogen-bond acceptors (Lipinski definition) is 5. The van der Waals surface area contributed by atoms with Crippen molar-refractivity contribution in [2.24, 2.45) is 0 Å². The summed E-state index contributed by atoms with van der Waals surface area (Å²) in [6, 6.07) is 8.32. The molecule has 0 saturated carbocycles. The van der Waals surface area contributed by atoms with Crippen molar-refractivity contribution >= 4 is 11.9 Å². The number of nitrogens with one attached hydrogen (secondary N) is 1. The van der Waals surface area contributed by atoms with Gasteiger partial charge in [0.1, 0.15) is 5.75 Å². The van der Waals surface area contributed by atoms with Crippen LogP contribution in [0.5, 0.6) is 5.75 Å². The maximum Gasteiger partial charge on any atom is 0.347 e. The molecule has 1 aromatic carbocycles. The molecule has 0 aliphatic rings. The van der Waals surface area contributed by atoms with Gasteiger partial charge in [-0.05, 0) is 38.1 Å². The number of carbonyl (C=O) groups is 2. The van der Waals surface area contributed by atoms with Crippen LogP contribution in [0.1, 0.15) is 19.4 Å². The van der Waals surface area contributed by atoms with Crippen LogP contribution in [0.15, 0.2) is 36.9 Å². The van der Waals surface area contributed by atoms with E-state index < -0.39 is 24.1 Å². The first-order valence-corrected chi connectivity index (χ1v) is 6.73. The number of esters is 1. The van der Waals surface area contributed by atoms with Gasteiger partial charge in [-0.15, -0.1) is 6.58 Å². The molecule has 2 atom stereocenters. The molecule has 6 nitrogen and oxygen atoms in total. The van der Waals surface area contributed by atoms with Crippen LogP contribution in [0.4, 0.5) is 0 Å².